The van der Waals surface area contributed by atoms with Crippen molar-refractivity contribution in [1.82, 2.24) is 0 Å². The molecule has 64 valence electrons. The molecule has 0 unspecified atom stereocenters. The van der Waals surface area contributed by atoms with Crippen molar-refractivity contribution in [2.45, 2.75) is 6.92 Å². The monoisotopic (exact) mass is 170 g/mol. The second-order valence-corrected chi connectivity index (χ2v) is 2.15. The number of hydrogen-bond acceptors (Lipinski definition) is 2. The maximum absolute atomic E-state index is 12.8. The Morgan fingerprint density at radius 3 is 2.67 bits per heavy atom. The molecule has 0 atom stereocenters. The molecule has 0 radical (unpaired) electrons. The lowest BCUT2D eigenvalue weighted by atomic mass is 10.3. The minimum absolute atomic E-state index is 0.0678. The molecule has 0 aromatic heterocycles. The third-order valence-electron chi connectivity index (χ3n) is 1.23. The molecule has 0 aliphatic heterocycles. The van der Waals surface area contributed by atoms with Crippen LogP contribution in [-0.2, 0) is 0 Å². The summed E-state index contributed by atoms with van der Waals surface area (Å²) in [5.41, 5.74) is 0.0678. The smallest absolute Gasteiger partial charge is 0.153 e. The van der Waals surface area contributed by atoms with Crippen LogP contribution < -0.4 is 0 Å². The summed E-state index contributed by atoms with van der Waals surface area (Å²) >= 11 is 0. The Balaban J connectivity index is 2.94. The van der Waals surface area contributed by atoms with E-state index < -0.39 is 11.6 Å². The van der Waals surface area contributed by atoms with Crippen LogP contribution in [0, 0.1) is 11.6 Å². The van der Waals surface area contributed by atoms with Crippen molar-refractivity contribution in [2.75, 3.05) is 6.54 Å². The fourth-order valence-electron chi connectivity index (χ4n) is 0.709. The fourth-order valence-corrected chi connectivity index (χ4v) is 0.709. The van der Waals surface area contributed by atoms with Crippen LogP contribution in [0.2, 0.25) is 0 Å². The lowest BCUT2D eigenvalue weighted by molar-refractivity contribution is 0.583. The van der Waals surface area contributed by atoms with Gasteiger partial charge in [-0.2, -0.15) is 10.2 Å². The molecule has 1 aromatic carbocycles. The number of nitrogens with zero attached hydrogens (tertiary/aromatic N) is 2. The van der Waals surface area contributed by atoms with Crippen LogP contribution in [0.15, 0.2) is 28.4 Å². The normalized spacial score (nSPS) is 10.9. The Labute approximate surface area is 68.9 Å². The molecule has 1 aromatic rings. The highest BCUT2D eigenvalue weighted by atomic mass is 19.1. The van der Waals surface area contributed by atoms with E-state index in [0.29, 0.717) is 6.54 Å². The van der Waals surface area contributed by atoms with Crippen molar-refractivity contribution in [2.24, 2.45) is 10.2 Å². The van der Waals surface area contributed by atoms with Crippen molar-refractivity contribution >= 4 is 5.69 Å². The summed E-state index contributed by atoms with van der Waals surface area (Å²) in [5.74, 6) is -1.30. The molecule has 0 saturated heterocycles. The van der Waals surface area contributed by atoms with Gasteiger partial charge >= 0.3 is 0 Å². The Morgan fingerprint density at radius 2 is 2.08 bits per heavy atom. The van der Waals surface area contributed by atoms with Gasteiger partial charge in [0, 0.05) is 6.07 Å². The van der Waals surface area contributed by atoms with Gasteiger partial charge in [-0.15, -0.1) is 0 Å². The van der Waals surface area contributed by atoms with E-state index >= 15 is 0 Å². The zero-order valence-corrected chi connectivity index (χ0v) is 6.59. The summed E-state index contributed by atoms with van der Waals surface area (Å²) in [4.78, 5) is 0. The molecular formula is C8H8F2N2. The van der Waals surface area contributed by atoms with Gasteiger partial charge in [-0.05, 0) is 19.1 Å². The predicted octanol–water partition coefficient (Wildman–Crippen LogP) is 3.07. The van der Waals surface area contributed by atoms with Crippen LogP contribution in [0.4, 0.5) is 14.5 Å². The molecule has 0 N–H and O–H groups in total. The minimum Gasteiger partial charge on any atom is -0.207 e. The van der Waals surface area contributed by atoms with Crippen molar-refractivity contribution in [3.05, 3.63) is 29.8 Å². The second-order valence-electron chi connectivity index (χ2n) is 2.15. The van der Waals surface area contributed by atoms with Crippen LogP contribution in [0.1, 0.15) is 6.92 Å². The highest BCUT2D eigenvalue weighted by Gasteiger charge is 2.00. The molecule has 12 heavy (non-hydrogen) atoms. The molecule has 0 spiro atoms. The van der Waals surface area contributed by atoms with Crippen molar-refractivity contribution in [1.29, 1.82) is 0 Å². The zero-order valence-electron chi connectivity index (χ0n) is 6.59. The highest BCUT2D eigenvalue weighted by molar-refractivity contribution is 5.37. The van der Waals surface area contributed by atoms with Crippen molar-refractivity contribution in [3.63, 3.8) is 0 Å². The number of rotatable bonds is 2. The Hall–Kier alpha value is -1.32. The van der Waals surface area contributed by atoms with E-state index in [4.69, 9.17) is 0 Å². The first kappa shape index (κ1) is 8.77. The van der Waals surface area contributed by atoms with Crippen molar-refractivity contribution in [3.8, 4) is 0 Å². The largest absolute Gasteiger partial charge is 0.207 e. The maximum Gasteiger partial charge on any atom is 0.153 e. The molecule has 0 heterocycles. The first-order valence-electron chi connectivity index (χ1n) is 3.56. The standard InChI is InChI=1S/C8H8F2N2/c1-2-11-12-8-4-3-6(9)5-7(8)10/h3-5H,2H2,1H3. The van der Waals surface area contributed by atoms with E-state index in [0.717, 1.165) is 12.1 Å². The SMILES string of the molecule is CCN=Nc1ccc(F)cc1F. The first-order chi connectivity index (χ1) is 5.74. The predicted molar refractivity (Wildman–Crippen MR) is 41.4 cm³/mol. The van der Waals surface area contributed by atoms with Gasteiger partial charge < -0.3 is 0 Å². The average molecular weight is 170 g/mol. The highest BCUT2D eigenvalue weighted by Crippen LogP contribution is 2.18. The molecule has 0 aliphatic rings. The Morgan fingerprint density at radius 1 is 1.33 bits per heavy atom. The van der Waals surface area contributed by atoms with E-state index in [-0.39, 0.29) is 5.69 Å². The summed E-state index contributed by atoms with van der Waals surface area (Å²) in [6, 6.07) is 3.18. The van der Waals surface area contributed by atoms with Crippen LogP contribution in [0.25, 0.3) is 0 Å². The average Bonchev–Trinajstić information content (AvgIpc) is 2.03. The lowest BCUT2D eigenvalue weighted by Gasteiger charge is -1.93. The fraction of sp³-hybridized carbons (Fsp3) is 0.250. The molecule has 0 fully saturated rings. The molecule has 0 saturated carbocycles. The molecule has 2 nitrogen and oxygen atoms in total. The van der Waals surface area contributed by atoms with E-state index in [2.05, 4.69) is 10.2 Å². The van der Waals surface area contributed by atoms with E-state index in [9.17, 15) is 8.78 Å². The molecule has 4 heteroatoms. The summed E-state index contributed by atoms with van der Waals surface area (Å²) in [6.45, 7) is 2.27. The Kier molecular flexibility index (Phi) is 2.85. The maximum atomic E-state index is 12.8. The van der Waals surface area contributed by atoms with Crippen LogP contribution in [0.3, 0.4) is 0 Å². The van der Waals surface area contributed by atoms with Crippen LogP contribution >= 0.6 is 0 Å². The Bertz CT molecular complexity index is 297. The van der Waals surface area contributed by atoms with Gasteiger partial charge in [0.05, 0.1) is 6.54 Å². The van der Waals surface area contributed by atoms with Gasteiger partial charge in [0.15, 0.2) is 5.82 Å². The topological polar surface area (TPSA) is 24.7 Å². The van der Waals surface area contributed by atoms with Gasteiger partial charge in [0.1, 0.15) is 11.5 Å². The second kappa shape index (κ2) is 3.90. The summed E-state index contributed by atoms with van der Waals surface area (Å²) in [7, 11) is 0. The zero-order chi connectivity index (χ0) is 8.97. The van der Waals surface area contributed by atoms with Crippen LogP contribution in [-0.4, -0.2) is 6.54 Å². The number of azo groups is 1. The van der Waals surface area contributed by atoms with Crippen molar-refractivity contribution < 1.29 is 8.78 Å². The first-order valence-corrected chi connectivity index (χ1v) is 3.56. The summed E-state index contributed by atoms with van der Waals surface area (Å²) < 4.78 is 25.1. The lowest BCUT2D eigenvalue weighted by Crippen LogP contribution is -1.78. The molecule has 0 bridgehead atoms. The summed E-state index contributed by atoms with van der Waals surface area (Å²) in [6.07, 6.45) is 0. The minimum atomic E-state index is -0.688. The van der Waals surface area contributed by atoms with Gasteiger partial charge in [0.2, 0.25) is 0 Å². The van der Waals surface area contributed by atoms with Gasteiger partial charge in [-0.3, -0.25) is 0 Å². The molecular weight excluding hydrogens is 162 g/mol. The third kappa shape index (κ3) is 2.08. The number of halogens is 2. The molecule has 0 aliphatic carbocycles. The van der Waals surface area contributed by atoms with E-state index in [1.54, 1.807) is 6.92 Å². The number of benzene rings is 1. The summed E-state index contributed by atoms with van der Waals surface area (Å²) in [5, 5.41) is 7.14. The van der Waals surface area contributed by atoms with E-state index in [1.165, 1.54) is 6.07 Å². The third-order valence-corrected chi connectivity index (χ3v) is 1.23. The van der Waals surface area contributed by atoms with Crippen LogP contribution in [0.5, 0.6) is 0 Å². The van der Waals surface area contributed by atoms with Gasteiger partial charge in [-0.1, -0.05) is 0 Å². The van der Waals surface area contributed by atoms with E-state index in [1.807, 2.05) is 0 Å². The molecule has 1 rings (SSSR count). The quantitative estimate of drug-likeness (QED) is 0.609. The molecule has 0 amide bonds. The van der Waals surface area contributed by atoms with Gasteiger partial charge in [-0.25, -0.2) is 8.78 Å². The number of hydrogen-bond donors (Lipinski definition) is 0. The van der Waals surface area contributed by atoms with Gasteiger partial charge in [0.25, 0.3) is 0 Å².